The highest BCUT2D eigenvalue weighted by Gasteiger charge is 2.11. The molecule has 0 saturated carbocycles. The summed E-state index contributed by atoms with van der Waals surface area (Å²) in [7, 11) is -3.28. The van der Waals surface area contributed by atoms with Crippen LogP contribution >= 0.6 is 11.3 Å². The summed E-state index contributed by atoms with van der Waals surface area (Å²) in [5.74, 6) is 0.535. The van der Waals surface area contributed by atoms with Crippen LogP contribution in [-0.2, 0) is 9.84 Å². The molecule has 114 valence electrons. The van der Waals surface area contributed by atoms with E-state index in [2.05, 4.69) is 30.9 Å². The average molecular weight is 325 g/mol. The molecule has 0 bridgehead atoms. The van der Waals surface area contributed by atoms with Gasteiger partial charge in [0.05, 0.1) is 5.00 Å². The van der Waals surface area contributed by atoms with Gasteiger partial charge in [-0.05, 0) is 50.3 Å². The monoisotopic (exact) mass is 325 g/mol. The molecule has 0 saturated heterocycles. The van der Waals surface area contributed by atoms with Gasteiger partial charge in [-0.3, -0.25) is 0 Å². The Morgan fingerprint density at radius 2 is 1.86 bits per heavy atom. The molecule has 0 aliphatic heterocycles. The molecule has 0 atom stereocenters. The van der Waals surface area contributed by atoms with E-state index in [0.29, 0.717) is 5.76 Å². The number of nitrogens with zero attached hydrogens (tertiary/aromatic N) is 1. The topological polar surface area (TPSA) is 50.5 Å². The Morgan fingerprint density at radius 1 is 1.14 bits per heavy atom. The van der Waals surface area contributed by atoms with Crippen molar-refractivity contribution in [2.24, 2.45) is 0 Å². The Morgan fingerprint density at radius 3 is 2.43 bits per heavy atom. The molecule has 0 aliphatic carbocycles. The summed E-state index contributed by atoms with van der Waals surface area (Å²) in [5.41, 5.74) is 0. The van der Waals surface area contributed by atoms with Gasteiger partial charge in [0.1, 0.15) is 5.76 Å². The number of thiophene rings is 1. The van der Waals surface area contributed by atoms with Crippen molar-refractivity contribution < 1.29 is 12.8 Å². The fourth-order valence-electron chi connectivity index (χ4n) is 1.92. The molecule has 2 aromatic heterocycles. The van der Waals surface area contributed by atoms with Gasteiger partial charge < -0.3 is 9.32 Å². The van der Waals surface area contributed by atoms with E-state index in [4.69, 9.17) is 4.42 Å². The van der Waals surface area contributed by atoms with Crippen LogP contribution in [0, 0.1) is 0 Å². The fraction of sp³-hybridized carbons (Fsp3) is 0.333. The molecule has 0 fully saturated rings. The fourth-order valence-corrected chi connectivity index (χ4v) is 3.52. The highest BCUT2D eigenvalue weighted by molar-refractivity contribution is 7.90. The Hall–Kier alpha value is -1.53. The van der Waals surface area contributed by atoms with Crippen LogP contribution in [0.4, 0.5) is 5.00 Å². The van der Waals surface area contributed by atoms with Crippen molar-refractivity contribution in [2.45, 2.75) is 18.9 Å². The first-order valence-corrected chi connectivity index (χ1v) is 9.47. The molecular formula is C15H19NO3S2. The molecule has 0 N–H and O–H groups in total. The second-order valence-electron chi connectivity index (χ2n) is 4.61. The van der Waals surface area contributed by atoms with Crippen LogP contribution in [0.15, 0.2) is 33.8 Å². The Bertz CT molecular complexity index is 722. The molecule has 0 radical (unpaired) electrons. The zero-order chi connectivity index (χ0) is 15.5. The van der Waals surface area contributed by atoms with Gasteiger partial charge in [0.15, 0.2) is 0 Å². The Balaban J connectivity index is 2.13. The summed E-state index contributed by atoms with van der Waals surface area (Å²) in [6, 6.07) is 7.28. The van der Waals surface area contributed by atoms with Gasteiger partial charge in [-0.15, -0.1) is 11.3 Å². The summed E-state index contributed by atoms with van der Waals surface area (Å²) in [4.78, 5) is 3.39. The van der Waals surface area contributed by atoms with Crippen molar-refractivity contribution >= 4 is 38.3 Å². The minimum Gasteiger partial charge on any atom is -0.445 e. The highest BCUT2D eigenvalue weighted by Crippen LogP contribution is 2.27. The number of hydrogen-bond acceptors (Lipinski definition) is 5. The second-order valence-corrected chi connectivity index (χ2v) is 7.65. The normalized spacial score (nSPS) is 12.1. The maximum absolute atomic E-state index is 11.3. The molecule has 4 nitrogen and oxygen atoms in total. The second kappa shape index (κ2) is 6.49. The summed E-state index contributed by atoms with van der Waals surface area (Å²) in [6.07, 6.45) is 4.85. The SMILES string of the molecule is CCN(CC)c1ccc(/C=C/c2ccc(S(C)(=O)=O)o2)s1. The summed E-state index contributed by atoms with van der Waals surface area (Å²) in [5, 5.41) is 1.23. The van der Waals surface area contributed by atoms with E-state index in [1.54, 1.807) is 23.5 Å². The van der Waals surface area contributed by atoms with E-state index in [9.17, 15) is 8.42 Å². The predicted octanol–water partition coefficient (Wildman–Crippen LogP) is 3.76. The average Bonchev–Trinajstić information content (AvgIpc) is 3.06. The molecule has 2 rings (SSSR count). The lowest BCUT2D eigenvalue weighted by Crippen LogP contribution is -2.20. The molecular weight excluding hydrogens is 306 g/mol. The van der Waals surface area contributed by atoms with E-state index in [1.807, 2.05) is 6.08 Å². The first-order valence-electron chi connectivity index (χ1n) is 6.76. The smallest absolute Gasteiger partial charge is 0.218 e. The maximum Gasteiger partial charge on any atom is 0.218 e. The number of sulfone groups is 1. The van der Waals surface area contributed by atoms with Crippen LogP contribution in [0.1, 0.15) is 24.5 Å². The third-order valence-corrected chi connectivity index (χ3v) is 5.13. The number of hydrogen-bond donors (Lipinski definition) is 0. The molecule has 2 heterocycles. The summed E-state index contributed by atoms with van der Waals surface area (Å²) < 4.78 is 28.0. The van der Waals surface area contributed by atoms with Gasteiger partial charge >= 0.3 is 0 Å². The quantitative estimate of drug-likeness (QED) is 0.811. The first kappa shape index (κ1) is 15.9. The van der Waals surface area contributed by atoms with Crippen molar-refractivity contribution in [3.05, 3.63) is 34.9 Å². The first-order chi connectivity index (χ1) is 9.94. The van der Waals surface area contributed by atoms with Crippen molar-refractivity contribution in [2.75, 3.05) is 24.2 Å². The van der Waals surface area contributed by atoms with Gasteiger partial charge in [-0.25, -0.2) is 8.42 Å². The van der Waals surface area contributed by atoms with Crippen LogP contribution in [-0.4, -0.2) is 27.8 Å². The highest BCUT2D eigenvalue weighted by atomic mass is 32.2. The lowest BCUT2D eigenvalue weighted by Gasteiger charge is -2.17. The minimum absolute atomic E-state index is 0.00263. The van der Waals surface area contributed by atoms with Gasteiger partial charge in [0.25, 0.3) is 0 Å². The zero-order valence-corrected chi connectivity index (χ0v) is 14.0. The number of rotatable bonds is 6. The number of furan rings is 1. The largest absolute Gasteiger partial charge is 0.445 e. The van der Waals surface area contributed by atoms with E-state index >= 15 is 0 Å². The minimum atomic E-state index is -3.28. The molecule has 2 aromatic rings. The van der Waals surface area contributed by atoms with Crippen molar-refractivity contribution in [3.8, 4) is 0 Å². The van der Waals surface area contributed by atoms with Crippen molar-refractivity contribution in [1.29, 1.82) is 0 Å². The molecule has 21 heavy (non-hydrogen) atoms. The maximum atomic E-state index is 11.3. The molecule has 0 aliphatic rings. The van der Waals surface area contributed by atoms with Crippen LogP contribution in [0.2, 0.25) is 0 Å². The van der Waals surface area contributed by atoms with Gasteiger partial charge in [-0.1, -0.05) is 0 Å². The third kappa shape index (κ3) is 3.98. The van der Waals surface area contributed by atoms with Gasteiger partial charge in [0, 0.05) is 24.2 Å². The van der Waals surface area contributed by atoms with Crippen LogP contribution < -0.4 is 4.90 Å². The standard InChI is InChI=1S/C15H19NO3S2/c1-4-16(5-2)14-10-9-13(20-14)8-6-12-7-11-15(19-12)21(3,17)18/h6-11H,4-5H2,1-3H3/b8-6+. The number of anilines is 1. The van der Waals surface area contributed by atoms with Crippen LogP contribution in [0.3, 0.4) is 0 Å². The van der Waals surface area contributed by atoms with E-state index in [-0.39, 0.29) is 5.09 Å². The zero-order valence-electron chi connectivity index (χ0n) is 12.4. The Labute approximate surface area is 129 Å². The summed E-state index contributed by atoms with van der Waals surface area (Å²) >= 11 is 1.70. The van der Waals surface area contributed by atoms with Crippen molar-refractivity contribution in [1.82, 2.24) is 0 Å². The van der Waals surface area contributed by atoms with Gasteiger partial charge in [0.2, 0.25) is 14.9 Å². The lowest BCUT2D eigenvalue weighted by molar-refractivity contribution is 0.445. The Kier molecular flexibility index (Phi) is 4.90. The van der Waals surface area contributed by atoms with E-state index < -0.39 is 9.84 Å². The molecule has 0 spiro atoms. The van der Waals surface area contributed by atoms with E-state index in [0.717, 1.165) is 24.2 Å². The summed E-state index contributed by atoms with van der Waals surface area (Å²) in [6.45, 7) is 6.23. The van der Waals surface area contributed by atoms with Gasteiger partial charge in [-0.2, -0.15) is 0 Å². The predicted molar refractivity (Wildman–Crippen MR) is 88.6 cm³/mol. The third-order valence-electron chi connectivity index (χ3n) is 3.07. The molecule has 0 aromatic carbocycles. The lowest BCUT2D eigenvalue weighted by atomic mass is 10.3. The van der Waals surface area contributed by atoms with Crippen LogP contribution in [0.25, 0.3) is 12.2 Å². The van der Waals surface area contributed by atoms with Crippen molar-refractivity contribution in [3.63, 3.8) is 0 Å². The molecule has 6 heteroatoms. The van der Waals surface area contributed by atoms with E-state index in [1.165, 1.54) is 11.1 Å². The van der Waals surface area contributed by atoms with Crippen LogP contribution in [0.5, 0.6) is 0 Å². The molecule has 0 amide bonds. The molecule has 0 unspecified atom stereocenters.